The van der Waals surface area contributed by atoms with E-state index in [1.165, 1.54) is 23.1 Å². The first-order valence-electron chi connectivity index (χ1n) is 9.23. The smallest absolute Gasteiger partial charge is 0.322 e. The normalized spacial score (nSPS) is 26.4. The molecule has 27 heavy (non-hydrogen) atoms. The van der Waals surface area contributed by atoms with E-state index in [1.54, 1.807) is 6.92 Å². The Morgan fingerprint density at radius 3 is 2.85 bits per heavy atom. The van der Waals surface area contributed by atoms with Gasteiger partial charge in [0.1, 0.15) is 12.4 Å². The molecule has 4 rings (SSSR count). The van der Waals surface area contributed by atoms with E-state index in [1.807, 2.05) is 4.90 Å². The van der Waals surface area contributed by atoms with Crippen LogP contribution < -0.4 is 10.6 Å². The summed E-state index contributed by atoms with van der Waals surface area (Å²) in [6, 6.07) is 3.92. The van der Waals surface area contributed by atoms with Crippen molar-refractivity contribution in [3.05, 3.63) is 29.6 Å². The number of amides is 4. The first-order valence-corrected chi connectivity index (χ1v) is 9.23. The average molecular weight is 374 g/mol. The largest absolute Gasteiger partial charge is 0.352 e. The van der Waals surface area contributed by atoms with Crippen molar-refractivity contribution in [2.24, 2.45) is 5.41 Å². The van der Waals surface area contributed by atoms with Crippen LogP contribution in [0.3, 0.4) is 0 Å². The molecule has 144 valence electrons. The quantitative estimate of drug-likeness (QED) is 0.845. The van der Waals surface area contributed by atoms with E-state index < -0.39 is 0 Å². The Bertz CT molecular complexity index is 806. The van der Waals surface area contributed by atoms with Gasteiger partial charge in [-0.3, -0.25) is 9.59 Å². The fraction of sp³-hybridized carbons (Fsp3) is 0.526. The van der Waals surface area contributed by atoms with Crippen molar-refractivity contribution in [1.82, 2.24) is 15.1 Å². The third-order valence-corrected chi connectivity index (χ3v) is 5.90. The maximum atomic E-state index is 13.4. The number of rotatable bonds is 3. The van der Waals surface area contributed by atoms with Gasteiger partial charge < -0.3 is 20.4 Å². The molecule has 1 aliphatic carbocycles. The van der Waals surface area contributed by atoms with Gasteiger partial charge >= 0.3 is 6.03 Å². The number of likely N-dealkylation sites (tertiary alicyclic amines) is 1. The highest BCUT2D eigenvalue weighted by molar-refractivity contribution is 5.94. The number of urea groups is 1. The molecule has 2 fully saturated rings. The Labute approximate surface area is 156 Å². The van der Waals surface area contributed by atoms with Crippen LogP contribution in [0.25, 0.3) is 0 Å². The first kappa shape index (κ1) is 17.8. The average Bonchev–Trinajstić information content (AvgIpc) is 3.01. The van der Waals surface area contributed by atoms with E-state index in [4.69, 9.17) is 0 Å². The summed E-state index contributed by atoms with van der Waals surface area (Å²) in [6.07, 6.45) is 2.71. The van der Waals surface area contributed by atoms with Gasteiger partial charge in [0, 0.05) is 31.7 Å². The fourth-order valence-electron chi connectivity index (χ4n) is 4.49. The highest BCUT2D eigenvalue weighted by atomic mass is 19.1. The van der Waals surface area contributed by atoms with Crippen LogP contribution in [0, 0.1) is 11.2 Å². The number of nitrogens with zero attached hydrogens (tertiary/aromatic N) is 2. The summed E-state index contributed by atoms with van der Waals surface area (Å²) in [5, 5.41) is 5.66. The van der Waals surface area contributed by atoms with Crippen molar-refractivity contribution in [3.63, 3.8) is 0 Å². The van der Waals surface area contributed by atoms with Gasteiger partial charge in [-0.25, -0.2) is 9.18 Å². The molecule has 2 aliphatic heterocycles. The number of carbonyl (C=O) groups excluding carboxylic acids is 3. The predicted octanol–water partition coefficient (Wildman–Crippen LogP) is 1.69. The van der Waals surface area contributed by atoms with Crippen LogP contribution in [-0.2, 0) is 16.1 Å². The molecule has 1 saturated heterocycles. The molecule has 7 nitrogen and oxygen atoms in total. The number of nitrogens with one attached hydrogen (secondary N) is 2. The maximum absolute atomic E-state index is 13.4. The molecule has 4 amide bonds. The summed E-state index contributed by atoms with van der Waals surface area (Å²) in [7, 11) is 0. The lowest BCUT2D eigenvalue weighted by Gasteiger charge is -2.45. The first-order chi connectivity index (χ1) is 12.8. The molecule has 0 unspecified atom stereocenters. The standard InChI is InChI=1S/C19H23FN4O3/c1-12(25)23-5-4-19(11-23)7-15(8-19)21-17(26)10-24-9-13-6-14(20)2-3-16(13)22-18(24)27/h2-3,6,15H,4-5,7-11H2,1H3,(H,21,26)(H,22,27). The van der Waals surface area contributed by atoms with Crippen molar-refractivity contribution < 1.29 is 18.8 Å². The van der Waals surface area contributed by atoms with Crippen LogP contribution in [0.1, 0.15) is 31.7 Å². The number of hydrogen-bond acceptors (Lipinski definition) is 3. The molecule has 2 N–H and O–H groups in total. The minimum absolute atomic E-state index is 0.0646. The second-order valence-corrected chi connectivity index (χ2v) is 7.95. The number of benzene rings is 1. The molecule has 8 heteroatoms. The number of fused-ring (bicyclic) bond motifs is 1. The number of carbonyl (C=O) groups is 3. The molecule has 1 aromatic carbocycles. The Hall–Kier alpha value is -2.64. The SMILES string of the molecule is CC(=O)N1CCC2(CC(NC(=O)CN3Cc4cc(F)ccc4NC3=O)C2)C1. The van der Waals surface area contributed by atoms with Crippen molar-refractivity contribution in [3.8, 4) is 0 Å². The van der Waals surface area contributed by atoms with Crippen molar-refractivity contribution in [2.75, 3.05) is 25.0 Å². The van der Waals surface area contributed by atoms with E-state index in [9.17, 15) is 18.8 Å². The fourth-order valence-corrected chi connectivity index (χ4v) is 4.49. The number of anilines is 1. The molecule has 0 bridgehead atoms. The van der Waals surface area contributed by atoms with Crippen LogP contribution in [0.2, 0.25) is 0 Å². The molecule has 2 heterocycles. The van der Waals surface area contributed by atoms with Gasteiger partial charge in [0.25, 0.3) is 0 Å². The van der Waals surface area contributed by atoms with Crippen LogP contribution in [0.15, 0.2) is 18.2 Å². The molecule has 0 radical (unpaired) electrons. The zero-order chi connectivity index (χ0) is 19.2. The van der Waals surface area contributed by atoms with Gasteiger partial charge in [0.05, 0.1) is 6.54 Å². The monoisotopic (exact) mass is 374 g/mol. The van der Waals surface area contributed by atoms with Gasteiger partial charge in [0.15, 0.2) is 0 Å². The van der Waals surface area contributed by atoms with E-state index in [2.05, 4.69) is 10.6 Å². The lowest BCUT2D eigenvalue weighted by molar-refractivity contribution is -0.129. The number of hydrogen-bond donors (Lipinski definition) is 2. The Morgan fingerprint density at radius 2 is 2.15 bits per heavy atom. The second-order valence-electron chi connectivity index (χ2n) is 7.95. The van der Waals surface area contributed by atoms with Crippen LogP contribution in [0.5, 0.6) is 0 Å². The van der Waals surface area contributed by atoms with Gasteiger partial charge in [0.2, 0.25) is 11.8 Å². The lowest BCUT2D eigenvalue weighted by Crippen LogP contribution is -2.54. The molecule has 0 atom stereocenters. The minimum atomic E-state index is -0.370. The second kappa shape index (κ2) is 6.51. The molecular weight excluding hydrogens is 351 g/mol. The van der Waals surface area contributed by atoms with Crippen molar-refractivity contribution >= 4 is 23.5 Å². The van der Waals surface area contributed by atoms with Gasteiger partial charge in [-0.05, 0) is 48.4 Å². The predicted molar refractivity (Wildman–Crippen MR) is 96.3 cm³/mol. The van der Waals surface area contributed by atoms with Crippen LogP contribution >= 0.6 is 0 Å². The van der Waals surface area contributed by atoms with Crippen molar-refractivity contribution in [2.45, 2.75) is 38.8 Å². The molecule has 1 spiro atoms. The highest BCUT2D eigenvalue weighted by Gasteiger charge is 2.49. The van der Waals surface area contributed by atoms with Gasteiger partial charge in [-0.1, -0.05) is 0 Å². The third-order valence-electron chi connectivity index (χ3n) is 5.90. The molecule has 1 saturated carbocycles. The summed E-state index contributed by atoms with van der Waals surface area (Å²) >= 11 is 0. The van der Waals surface area contributed by atoms with Crippen LogP contribution in [-0.4, -0.2) is 53.3 Å². The summed E-state index contributed by atoms with van der Waals surface area (Å²) < 4.78 is 13.4. The Morgan fingerprint density at radius 1 is 1.37 bits per heavy atom. The van der Waals surface area contributed by atoms with E-state index >= 15 is 0 Å². The van der Waals surface area contributed by atoms with Gasteiger partial charge in [-0.2, -0.15) is 0 Å². The molecule has 1 aromatic rings. The Kier molecular flexibility index (Phi) is 4.28. The van der Waals surface area contributed by atoms with Crippen LogP contribution in [0.4, 0.5) is 14.9 Å². The van der Waals surface area contributed by atoms with Crippen molar-refractivity contribution in [1.29, 1.82) is 0 Å². The van der Waals surface area contributed by atoms with E-state index in [-0.39, 0.29) is 48.2 Å². The minimum Gasteiger partial charge on any atom is -0.352 e. The zero-order valence-electron chi connectivity index (χ0n) is 15.3. The highest BCUT2D eigenvalue weighted by Crippen LogP contribution is 2.48. The summed E-state index contributed by atoms with van der Waals surface area (Å²) in [4.78, 5) is 39.2. The zero-order valence-corrected chi connectivity index (χ0v) is 15.3. The number of halogens is 1. The van der Waals surface area contributed by atoms with Gasteiger partial charge in [-0.15, -0.1) is 0 Å². The molecule has 3 aliphatic rings. The van der Waals surface area contributed by atoms with E-state index in [0.29, 0.717) is 11.3 Å². The third kappa shape index (κ3) is 3.48. The topological polar surface area (TPSA) is 81.8 Å². The molecular formula is C19H23FN4O3. The maximum Gasteiger partial charge on any atom is 0.322 e. The lowest BCUT2D eigenvalue weighted by atomic mass is 9.65. The summed E-state index contributed by atoms with van der Waals surface area (Å²) in [6.45, 7) is 3.29. The van der Waals surface area contributed by atoms with E-state index in [0.717, 1.165) is 32.4 Å². The molecule has 0 aromatic heterocycles. The Balaban J connectivity index is 1.28. The summed E-state index contributed by atoms with van der Waals surface area (Å²) in [5.74, 6) is -0.483. The summed E-state index contributed by atoms with van der Waals surface area (Å²) in [5.41, 5.74) is 1.37.